The van der Waals surface area contributed by atoms with Gasteiger partial charge in [0.2, 0.25) is 5.91 Å². The Hall–Kier alpha value is -0.980. The fourth-order valence-electron chi connectivity index (χ4n) is 4.07. The molecule has 4 heterocycles. The molecule has 3 saturated heterocycles. The van der Waals surface area contributed by atoms with Gasteiger partial charge < -0.3 is 10.1 Å². The van der Waals surface area contributed by atoms with E-state index >= 15 is 0 Å². The van der Waals surface area contributed by atoms with Crippen LogP contribution in [0.1, 0.15) is 50.6 Å². The molecular formula is C17H25N3O2S. The molecule has 6 heteroatoms. The highest BCUT2D eigenvalue weighted by Gasteiger charge is 2.44. The maximum Gasteiger partial charge on any atom is 0.231 e. The first-order valence-corrected chi connectivity index (χ1v) is 9.79. The minimum Gasteiger partial charge on any atom is -0.374 e. The Kier molecular flexibility index (Phi) is 4.64. The van der Waals surface area contributed by atoms with Crippen molar-refractivity contribution in [3.63, 3.8) is 0 Å². The topological polar surface area (TPSA) is 54.5 Å². The minimum absolute atomic E-state index is 0.0201. The first-order chi connectivity index (χ1) is 11.3. The summed E-state index contributed by atoms with van der Waals surface area (Å²) >= 11 is 1.54. The Bertz CT molecular complexity index is 554. The van der Waals surface area contributed by atoms with Gasteiger partial charge >= 0.3 is 0 Å². The van der Waals surface area contributed by atoms with Crippen LogP contribution in [0, 0.1) is 5.92 Å². The third kappa shape index (κ3) is 3.59. The predicted octanol–water partition coefficient (Wildman–Crippen LogP) is 3.03. The molecule has 1 aromatic rings. The van der Waals surface area contributed by atoms with Crippen LogP contribution in [0.2, 0.25) is 0 Å². The smallest absolute Gasteiger partial charge is 0.231 e. The van der Waals surface area contributed by atoms with Crippen LogP contribution < -0.4 is 5.32 Å². The van der Waals surface area contributed by atoms with E-state index < -0.39 is 0 Å². The Morgan fingerprint density at radius 3 is 2.83 bits per heavy atom. The van der Waals surface area contributed by atoms with Gasteiger partial charge in [-0.2, -0.15) is 0 Å². The van der Waals surface area contributed by atoms with E-state index in [-0.39, 0.29) is 17.9 Å². The lowest BCUT2D eigenvalue weighted by atomic mass is 9.89. The number of fused-ring (bicyclic) bond motifs is 2. The molecule has 4 rings (SSSR count). The number of hydrogen-bond acceptors (Lipinski definition) is 5. The maximum atomic E-state index is 12.4. The first-order valence-electron chi connectivity index (χ1n) is 8.91. The van der Waals surface area contributed by atoms with E-state index in [1.54, 1.807) is 0 Å². The number of nitrogens with one attached hydrogen (secondary N) is 1. The molecule has 3 aliphatic heterocycles. The van der Waals surface area contributed by atoms with Crippen molar-refractivity contribution in [1.82, 2.24) is 9.88 Å². The number of thiazole rings is 1. The molecule has 3 fully saturated rings. The first kappa shape index (κ1) is 15.5. The fourth-order valence-corrected chi connectivity index (χ4v) is 4.78. The highest BCUT2D eigenvalue weighted by molar-refractivity contribution is 7.13. The quantitative estimate of drug-likeness (QED) is 0.919. The number of likely N-dealkylation sites (tertiary alicyclic amines) is 1. The largest absolute Gasteiger partial charge is 0.374 e. The Morgan fingerprint density at radius 1 is 1.30 bits per heavy atom. The molecule has 126 valence electrons. The van der Waals surface area contributed by atoms with Crippen molar-refractivity contribution in [2.24, 2.45) is 5.92 Å². The summed E-state index contributed by atoms with van der Waals surface area (Å²) in [6.45, 7) is 3.24. The number of nitrogens with zero attached hydrogens (tertiary/aromatic N) is 2. The zero-order valence-corrected chi connectivity index (χ0v) is 14.3. The molecule has 3 aliphatic rings. The average molecular weight is 335 g/mol. The third-order valence-electron chi connectivity index (χ3n) is 5.31. The Balaban J connectivity index is 1.32. The van der Waals surface area contributed by atoms with Crippen molar-refractivity contribution in [3.8, 4) is 0 Å². The van der Waals surface area contributed by atoms with E-state index in [9.17, 15) is 4.79 Å². The number of anilines is 1. The van der Waals surface area contributed by atoms with Crippen molar-refractivity contribution < 1.29 is 9.53 Å². The van der Waals surface area contributed by atoms with Crippen LogP contribution in [0.5, 0.6) is 0 Å². The molecule has 5 nitrogen and oxygen atoms in total. The van der Waals surface area contributed by atoms with E-state index in [1.807, 2.05) is 0 Å². The average Bonchev–Trinajstić information content (AvgIpc) is 3.23. The van der Waals surface area contributed by atoms with E-state index in [0.717, 1.165) is 36.6 Å². The van der Waals surface area contributed by atoms with E-state index in [1.165, 1.54) is 50.1 Å². The van der Waals surface area contributed by atoms with Crippen LogP contribution in [0.4, 0.5) is 5.13 Å². The normalized spacial score (nSPS) is 31.2. The SMILES string of the molecule is O=C(Nc1nc(CN2CCCCCC2)cs1)[C@@H]1C[C@H]2CC[C@@H]1O2. The van der Waals surface area contributed by atoms with Gasteiger partial charge in [0.05, 0.1) is 23.8 Å². The zero-order chi connectivity index (χ0) is 15.6. The fraction of sp³-hybridized carbons (Fsp3) is 0.765. The lowest BCUT2D eigenvalue weighted by Crippen LogP contribution is -2.30. The number of ether oxygens (including phenoxy) is 1. The van der Waals surface area contributed by atoms with Gasteiger partial charge in [-0.05, 0) is 45.2 Å². The second kappa shape index (κ2) is 6.87. The molecule has 1 aromatic heterocycles. The monoisotopic (exact) mass is 335 g/mol. The number of rotatable bonds is 4. The minimum atomic E-state index is 0.0201. The summed E-state index contributed by atoms with van der Waals surface area (Å²) in [6, 6.07) is 0. The summed E-state index contributed by atoms with van der Waals surface area (Å²) in [5.41, 5.74) is 1.08. The van der Waals surface area contributed by atoms with Crippen molar-refractivity contribution in [2.45, 2.75) is 63.7 Å². The van der Waals surface area contributed by atoms with Gasteiger partial charge in [0.25, 0.3) is 0 Å². The summed E-state index contributed by atoms with van der Waals surface area (Å²) in [5.74, 6) is 0.111. The summed E-state index contributed by atoms with van der Waals surface area (Å²) in [7, 11) is 0. The summed E-state index contributed by atoms with van der Waals surface area (Å²) < 4.78 is 5.78. The number of hydrogen-bond donors (Lipinski definition) is 1. The molecule has 0 spiro atoms. The van der Waals surface area contributed by atoms with E-state index in [2.05, 4.69) is 20.6 Å². The number of aromatic nitrogens is 1. The number of carbonyl (C=O) groups excluding carboxylic acids is 1. The van der Waals surface area contributed by atoms with Crippen LogP contribution >= 0.6 is 11.3 Å². The summed E-state index contributed by atoms with van der Waals surface area (Å²) in [4.78, 5) is 19.5. The van der Waals surface area contributed by atoms with Gasteiger partial charge in [-0.1, -0.05) is 12.8 Å². The lowest BCUT2D eigenvalue weighted by molar-refractivity contribution is -0.121. The van der Waals surface area contributed by atoms with Crippen molar-refractivity contribution >= 4 is 22.4 Å². The Labute approximate surface area is 141 Å². The molecule has 0 saturated carbocycles. The molecule has 23 heavy (non-hydrogen) atoms. The van der Waals surface area contributed by atoms with Crippen LogP contribution in [-0.2, 0) is 16.1 Å². The van der Waals surface area contributed by atoms with Gasteiger partial charge in [0, 0.05) is 11.9 Å². The van der Waals surface area contributed by atoms with Gasteiger partial charge in [0.15, 0.2) is 5.13 Å². The molecule has 0 aromatic carbocycles. The second-order valence-corrected chi connectivity index (χ2v) is 7.90. The second-order valence-electron chi connectivity index (χ2n) is 7.04. The predicted molar refractivity (Wildman–Crippen MR) is 90.5 cm³/mol. The Morgan fingerprint density at radius 2 is 2.13 bits per heavy atom. The van der Waals surface area contributed by atoms with Crippen LogP contribution in [0.15, 0.2) is 5.38 Å². The van der Waals surface area contributed by atoms with E-state index in [4.69, 9.17) is 4.74 Å². The van der Waals surface area contributed by atoms with Crippen molar-refractivity contribution in [3.05, 3.63) is 11.1 Å². The zero-order valence-electron chi connectivity index (χ0n) is 13.5. The molecule has 0 radical (unpaired) electrons. The third-order valence-corrected chi connectivity index (χ3v) is 6.12. The summed E-state index contributed by atoms with van der Waals surface area (Å²) in [5, 5.41) is 5.83. The van der Waals surface area contributed by atoms with Gasteiger partial charge in [-0.15, -0.1) is 11.3 Å². The maximum absolute atomic E-state index is 12.4. The van der Waals surface area contributed by atoms with Crippen molar-refractivity contribution in [2.75, 3.05) is 18.4 Å². The lowest BCUT2D eigenvalue weighted by Gasteiger charge is -2.18. The number of carbonyl (C=O) groups is 1. The molecule has 0 aliphatic carbocycles. The summed E-state index contributed by atoms with van der Waals surface area (Å²) in [6.07, 6.45) is 8.74. The van der Waals surface area contributed by atoms with E-state index in [0.29, 0.717) is 6.10 Å². The molecule has 0 unspecified atom stereocenters. The standard InChI is InChI=1S/C17H25N3O2S/c21-16(14-9-13-5-6-15(14)22-13)19-17-18-12(11-23-17)10-20-7-3-1-2-4-8-20/h11,13-15H,1-10H2,(H,18,19,21)/t13-,14-,15+/m1/s1. The van der Waals surface area contributed by atoms with Crippen molar-refractivity contribution in [1.29, 1.82) is 0 Å². The molecule has 3 atom stereocenters. The van der Waals surface area contributed by atoms with Gasteiger partial charge in [0.1, 0.15) is 0 Å². The van der Waals surface area contributed by atoms with Crippen LogP contribution in [0.25, 0.3) is 0 Å². The van der Waals surface area contributed by atoms with Crippen LogP contribution in [-0.4, -0.2) is 41.1 Å². The highest BCUT2D eigenvalue weighted by Crippen LogP contribution is 2.39. The molecule has 2 bridgehead atoms. The van der Waals surface area contributed by atoms with Gasteiger partial charge in [-0.25, -0.2) is 4.98 Å². The van der Waals surface area contributed by atoms with Crippen LogP contribution in [0.3, 0.4) is 0 Å². The molecule has 1 N–H and O–H groups in total. The highest BCUT2D eigenvalue weighted by atomic mass is 32.1. The molecular weight excluding hydrogens is 310 g/mol. The molecule has 1 amide bonds. The van der Waals surface area contributed by atoms with Gasteiger partial charge in [-0.3, -0.25) is 9.69 Å². The number of amides is 1.